The van der Waals surface area contributed by atoms with Crippen LogP contribution < -0.4 is 5.32 Å². The van der Waals surface area contributed by atoms with E-state index in [-0.39, 0.29) is 30.3 Å². The van der Waals surface area contributed by atoms with Crippen LogP contribution in [0.2, 0.25) is 0 Å². The van der Waals surface area contributed by atoms with Gasteiger partial charge < -0.3 is 10.2 Å². The van der Waals surface area contributed by atoms with Crippen LogP contribution in [0.15, 0.2) is 24.3 Å². The number of carbonyl (C=O) groups is 2. The van der Waals surface area contributed by atoms with Gasteiger partial charge in [-0.1, -0.05) is 38.1 Å². The number of aryl methyl sites for hydroxylation is 1. The minimum atomic E-state index is -0.347. The zero-order valence-electron chi connectivity index (χ0n) is 12.3. The summed E-state index contributed by atoms with van der Waals surface area (Å²) in [6, 6.07) is 7.82. The Morgan fingerprint density at radius 2 is 2.00 bits per heavy atom. The van der Waals surface area contributed by atoms with E-state index in [0.717, 1.165) is 6.42 Å². The predicted molar refractivity (Wildman–Crippen MR) is 78.2 cm³/mol. The Morgan fingerprint density at radius 1 is 1.30 bits per heavy atom. The number of amides is 2. The molecule has 1 unspecified atom stereocenters. The van der Waals surface area contributed by atoms with Crippen molar-refractivity contribution in [3.63, 3.8) is 0 Å². The second-order valence-electron chi connectivity index (χ2n) is 5.67. The molecule has 1 aromatic carbocycles. The zero-order valence-corrected chi connectivity index (χ0v) is 12.3. The first-order valence-electron chi connectivity index (χ1n) is 7.12. The van der Waals surface area contributed by atoms with Crippen molar-refractivity contribution in [1.82, 2.24) is 10.2 Å². The fourth-order valence-electron chi connectivity index (χ4n) is 2.72. The Balaban J connectivity index is 2.11. The molecule has 20 heavy (non-hydrogen) atoms. The Hall–Kier alpha value is -1.84. The second kappa shape index (κ2) is 6.07. The molecule has 1 saturated heterocycles. The van der Waals surface area contributed by atoms with Gasteiger partial charge in [-0.2, -0.15) is 0 Å². The lowest BCUT2D eigenvalue weighted by Gasteiger charge is -2.37. The van der Waals surface area contributed by atoms with E-state index >= 15 is 0 Å². The van der Waals surface area contributed by atoms with Crippen LogP contribution in [0.3, 0.4) is 0 Å². The number of hydrogen-bond acceptors (Lipinski definition) is 2. The standard InChI is InChI=1S/C16H22N2O2/c1-11(2)15-16(20)17-10-14(19)18(15)9-8-13-7-5-4-6-12(13)3/h4-7,11,15H,8-10H2,1-3H3,(H,17,20). The molecule has 1 aliphatic rings. The van der Waals surface area contributed by atoms with Gasteiger partial charge in [0, 0.05) is 6.54 Å². The summed E-state index contributed by atoms with van der Waals surface area (Å²) in [7, 11) is 0. The average Bonchev–Trinajstić information content (AvgIpc) is 2.40. The molecule has 0 spiro atoms. The molecule has 1 aliphatic heterocycles. The van der Waals surface area contributed by atoms with Gasteiger partial charge >= 0.3 is 0 Å². The number of benzene rings is 1. The molecule has 2 rings (SSSR count). The van der Waals surface area contributed by atoms with Crippen LogP contribution in [0.25, 0.3) is 0 Å². The first-order chi connectivity index (χ1) is 9.50. The van der Waals surface area contributed by atoms with Crippen LogP contribution in [-0.4, -0.2) is 35.8 Å². The molecule has 0 aromatic heterocycles. The molecule has 0 radical (unpaired) electrons. The maximum absolute atomic E-state index is 12.1. The summed E-state index contributed by atoms with van der Waals surface area (Å²) in [5.74, 6) is 0.0948. The first kappa shape index (κ1) is 14.6. The van der Waals surface area contributed by atoms with Gasteiger partial charge in [0.25, 0.3) is 0 Å². The lowest BCUT2D eigenvalue weighted by atomic mass is 9.98. The fraction of sp³-hybridized carbons (Fsp3) is 0.500. The quantitative estimate of drug-likeness (QED) is 0.905. The van der Waals surface area contributed by atoms with Gasteiger partial charge in [-0.05, 0) is 30.4 Å². The van der Waals surface area contributed by atoms with Crippen molar-refractivity contribution in [3.05, 3.63) is 35.4 Å². The molecule has 1 aromatic rings. The van der Waals surface area contributed by atoms with Crippen molar-refractivity contribution in [3.8, 4) is 0 Å². The first-order valence-corrected chi connectivity index (χ1v) is 7.12. The van der Waals surface area contributed by atoms with Crippen molar-refractivity contribution in [2.45, 2.75) is 33.2 Å². The third kappa shape index (κ3) is 3.00. The minimum absolute atomic E-state index is 0.0110. The van der Waals surface area contributed by atoms with Crippen LogP contribution in [0, 0.1) is 12.8 Å². The summed E-state index contributed by atoms with van der Waals surface area (Å²) in [5, 5.41) is 2.67. The van der Waals surface area contributed by atoms with E-state index < -0.39 is 0 Å². The maximum atomic E-state index is 12.1. The van der Waals surface area contributed by atoms with Crippen LogP contribution in [0.1, 0.15) is 25.0 Å². The molecule has 1 heterocycles. The highest BCUT2D eigenvalue weighted by Crippen LogP contribution is 2.16. The number of carbonyl (C=O) groups excluding carboxylic acids is 2. The molecular formula is C16H22N2O2. The normalized spacial score (nSPS) is 19.4. The van der Waals surface area contributed by atoms with Crippen molar-refractivity contribution in [1.29, 1.82) is 0 Å². The molecule has 1 fully saturated rings. The molecule has 1 atom stereocenters. The van der Waals surface area contributed by atoms with Crippen molar-refractivity contribution >= 4 is 11.8 Å². The highest BCUT2D eigenvalue weighted by molar-refractivity contribution is 5.94. The van der Waals surface area contributed by atoms with Gasteiger partial charge in [0.2, 0.25) is 11.8 Å². The molecular weight excluding hydrogens is 252 g/mol. The third-order valence-corrected chi connectivity index (χ3v) is 3.85. The van der Waals surface area contributed by atoms with Crippen molar-refractivity contribution in [2.24, 2.45) is 5.92 Å². The Kier molecular flexibility index (Phi) is 4.42. The van der Waals surface area contributed by atoms with E-state index in [1.165, 1.54) is 11.1 Å². The molecule has 0 aliphatic carbocycles. The van der Waals surface area contributed by atoms with Crippen LogP contribution in [0.5, 0.6) is 0 Å². The molecule has 0 saturated carbocycles. The predicted octanol–water partition coefficient (Wildman–Crippen LogP) is 1.52. The number of hydrogen-bond donors (Lipinski definition) is 1. The molecule has 4 nitrogen and oxygen atoms in total. The number of nitrogens with zero attached hydrogens (tertiary/aromatic N) is 1. The Morgan fingerprint density at radius 3 is 2.65 bits per heavy atom. The van der Waals surface area contributed by atoms with E-state index in [2.05, 4.69) is 24.4 Å². The lowest BCUT2D eigenvalue weighted by Crippen LogP contribution is -2.60. The number of rotatable bonds is 4. The molecule has 108 valence electrons. The van der Waals surface area contributed by atoms with Crippen molar-refractivity contribution in [2.75, 3.05) is 13.1 Å². The third-order valence-electron chi connectivity index (χ3n) is 3.85. The Labute approximate surface area is 120 Å². The fourth-order valence-corrected chi connectivity index (χ4v) is 2.72. The lowest BCUT2D eigenvalue weighted by molar-refractivity contribution is -0.147. The van der Waals surface area contributed by atoms with Crippen LogP contribution in [-0.2, 0) is 16.0 Å². The smallest absolute Gasteiger partial charge is 0.243 e. The van der Waals surface area contributed by atoms with Gasteiger partial charge in [-0.25, -0.2) is 0 Å². The van der Waals surface area contributed by atoms with Gasteiger partial charge in [-0.15, -0.1) is 0 Å². The van der Waals surface area contributed by atoms with Crippen molar-refractivity contribution < 1.29 is 9.59 Å². The minimum Gasteiger partial charge on any atom is -0.345 e. The maximum Gasteiger partial charge on any atom is 0.243 e. The van der Waals surface area contributed by atoms with Gasteiger partial charge in [0.15, 0.2) is 0 Å². The second-order valence-corrected chi connectivity index (χ2v) is 5.67. The highest BCUT2D eigenvalue weighted by Gasteiger charge is 2.35. The molecule has 0 bridgehead atoms. The topological polar surface area (TPSA) is 49.4 Å². The Bertz CT molecular complexity index is 511. The zero-order chi connectivity index (χ0) is 14.7. The highest BCUT2D eigenvalue weighted by atomic mass is 16.2. The number of nitrogens with one attached hydrogen (secondary N) is 1. The molecule has 4 heteroatoms. The largest absolute Gasteiger partial charge is 0.345 e. The summed E-state index contributed by atoms with van der Waals surface area (Å²) in [5.41, 5.74) is 2.45. The summed E-state index contributed by atoms with van der Waals surface area (Å²) in [6.45, 7) is 6.74. The van der Waals surface area contributed by atoms with Gasteiger partial charge in [-0.3, -0.25) is 9.59 Å². The van der Waals surface area contributed by atoms with Gasteiger partial charge in [0.1, 0.15) is 6.04 Å². The SMILES string of the molecule is Cc1ccccc1CCN1C(=O)CNC(=O)C1C(C)C. The summed E-state index contributed by atoms with van der Waals surface area (Å²) >= 11 is 0. The number of piperazine rings is 1. The average molecular weight is 274 g/mol. The van der Waals surface area contributed by atoms with E-state index in [1.54, 1.807) is 4.90 Å². The van der Waals surface area contributed by atoms with E-state index in [4.69, 9.17) is 0 Å². The van der Waals surface area contributed by atoms with Gasteiger partial charge in [0.05, 0.1) is 6.54 Å². The summed E-state index contributed by atoms with van der Waals surface area (Å²) in [4.78, 5) is 25.8. The van der Waals surface area contributed by atoms with Crippen LogP contribution in [0.4, 0.5) is 0 Å². The van der Waals surface area contributed by atoms with E-state index in [9.17, 15) is 9.59 Å². The monoisotopic (exact) mass is 274 g/mol. The van der Waals surface area contributed by atoms with E-state index in [0.29, 0.717) is 6.54 Å². The van der Waals surface area contributed by atoms with E-state index in [1.807, 2.05) is 26.0 Å². The summed E-state index contributed by atoms with van der Waals surface area (Å²) < 4.78 is 0. The molecule has 1 N–H and O–H groups in total. The van der Waals surface area contributed by atoms with Crippen LogP contribution >= 0.6 is 0 Å². The summed E-state index contributed by atoms with van der Waals surface area (Å²) in [6.07, 6.45) is 0.787. The molecule has 2 amide bonds.